The number of methoxy groups -OCH3 is 1. The highest BCUT2D eigenvalue weighted by Crippen LogP contribution is 2.23. The van der Waals surface area contributed by atoms with Crippen LogP contribution in [0.5, 0.6) is 0 Å². The lowest BCUT2D eigenvalue weighted by Gasteiger charge is -2.07. The minimum Gasteiger partial charge on any atom is -0.464 e. The average molecular weight is 216 g/mol. The van der Waals surface area contributed by atoms with Crippen LogP contribution in [0, 0.1) is 0 Å². The molecule has 1 aromatic heterocycles. The van der Waals surface area contributed by atoms with Gasteiger partial charge in [-0.05, 0) is 11.6 Å². The third kappa shape index (κ3) is 2.47. The molecular weight excluding hydrogens is 206 g/mol. The first-order valence-corrected chi connectivity index (χ1v) is 4.15. The maximum Gasteiger partial charge on any atom is 0.357 e. The fourth-order valence-electron chi connectivity index (χ4n) is 1.07. The van der Waals surface area contributed by atoms with Crippen LogP contribution in [0.4, 0.5) is 8.78 Å². The second kappa shape index (κ2) is 4.79. The van der Waals surface area contributed by atoms with E-state index in [0.717, 1.165) is 13.2 Å². The second-order valence-electron chi connectivity index (χ2n) is 2.78. The van der Waals surface area contributed by atoms with Gasteiger partial charge < -0.3 is 10.5 Å². The number of nitrogens with two attached hydrogens (primary N) is 1. The smallest absolute Gasteiger partial charge is 0.357 e. The highest BCUT2D eigenvalue weighted by molar-refractivity contribution is 5.88. The monoisotopic (exact) mass is 216 g/mol. The van der Waals surface area contributed by atoms with Crippen molar-refractivity contribution in [1.29, 1.82) is 0 Å². The molecule has 1 aromatic rings. The third-order valence-electron chi connectivity index (χ3n) is 1.82. The van der Waals surface area contributed by atoms with Crippen molar-refractivity contribution >= 4 is 5.97 Å². The normalized spacial score (nSPS) is 10.5. The molecule has 0 bridgehead atoms. The van der Waals surface area contributed by atoms with Crippen LogP contribution in [-0.4, -0.2) is 18.1 Å². The zero-order valence-electron chi connectivity index (χ0n) is 8.04. The standard InChI is InChI=1S/C9H10F2N2O2/c1-15-9(14)7-6(8(10)11)2-5(3-12)4-13-7/h2,4,8H,3,12H2,1H3. The number of halogens is 2. The number of hydrogen-bond donors (Lipinski definition) is 1. The molecule has 0 atom stereocenters. The number of rotatable bonds is 3. The van der Waals surface area contributed by atoms with E-state index in [1.807, 2.05) is 0 Å². The summed E-state index contributed by atoms with van der Waals surface area (Å²) in [5, 5.41) is 0. The van der Waals surface area contributed by atoms with Gasteiger partial charge in [-0.15, -0.1) is 0 Å². The zero-order valence-corrected chi connectivity index (χ0v) is 8.04. The van der Waals surface area contributed by atoms with Gasteiger partial charge in [0.05, 0.1) is 12.7 Å². The van der Waals surface area contributed by atoms with E-state index in [1.54, 1.807) is 0 Å². The Bertz CT molecular complexity index is 369. The molecule has 82 valence electrons. The van der Waals surface area contributed by atoms with E-state index in [4.69, 9.17) is 5.73 Å². The maximum atomic E-state index is 12.6. The minimum atomic E-state index is -2.78. The first-order valence-electron chi connectivity index (χ1n) is 4.15. The van der Waals surface area contributed by atoms with E-state index < -0.39 is 18.0 Å². The molecular formula is C9H10F2N2O2. The van der Waals surface area contributed by atoms with Gasteiger partial charge in [-0.1, -0.05) is 0 Å². The zero-order chi connectivity index (χ0) is 11.4. The lowest BCUT2D eigenvalue weighted by molar-refractivity contribution is 0.0581. The summed E-state index contributed by atoms with van der Waals surface area (Å²) in [4.78, 5) is 14.7. The summed E-state index contributed by atoms with van der Waals surface area (Å²) in [6, 6.07) is 1.16. The molecule has 1 heterocycles. The number of esters is 1. The van der Waals surface area contributed by atoms with Gasteiger partial charge in [0.25, 0.3) is 6.43 Å². The van der Waals surface area contributed by atoms with Crippen LogP contribution in [-0.2, 0) is 11.3 Å². The molecule has 0 amide bonds. The van der Waals surface area contributed by atoms with E-state index in [9.17, 15) is 13.6 Å². The van der Waals surface area contributed by atoms with E-state index >= 15 is 0 Å². The molecule has 15 heavy (non-hydrogen) atoms. The number of nitrogens with zero attached hydrogens (tertiary/aromatic N) is 1. The molecule has 6 heteroatoms. The summed E-state index contributed by atoms with van der Waals surface area (Å²) in [6.07, 6.45) is -1.50. The van der Waals surface area contributed by atoms with Crippen molar-refractivity contribution in [3.05, 3.63) is 29.1 Å². The summed E-state index contributed by atoms with van der Waals surface area (Å²) in [5.74, 6) is -0.881. The van der Waals surface area contributed by atoms with Gasteiger partial charge in [0, 0.05) is 12.7 Å². The van der Waals surface area contributed by atoms with Crippen molar-refractivity contribution in [2.45, 2.75) is 13.0 Å². The first kappa shape index (κ1) is 11.5. The number of alkyl halides is 2. The molecule has 0 saturated heterocycles. The van der Waals surface area contributed by atoms with E-state index in [2.05, 4.69) is 9.72 Å². The number of aromatic nitrogens is 1. The van der Waals surface area contributed by atoms with Crippen LogP contribution in [0.25, 0.3) is 0 Å². The van der Waals surface area contributed by atoms with Crippen molar-refractivity contribution in [1.82, 2.24) is 4.98 Å². The average Bonchev–Trinajstić information content (AvgIpc) is 2.27. The number of ether oxygens (including phenoxy) is 1. The lowest BCUT2D eigenvalue weighted by atomic mass is 10.1. The molecule has 4 nitrogen and oxygen atoms in total. The molecule has 2 N–H and O–H groups in total. The minimum absolute atomic E-state index is 0.0914. The second-order valence-corrected chi connectivity index (χ2v) is 2.78. The summed E-state index contributed by atoms with van der Waals surface area (Å²) in [5.41, 5.74) is 4.89. The van der Waals surface area contributed by atoms with Crippen molar-refractivity contribution < 1.29 is 18.3 Å². The Morgan fingerprint density at radius 2 is 2.33 bits per heavy atom. The van der Waals surface area contributed by atoms with Crippen LogP contribution < -0.4 is 5.73 Å². The Hall–Kier alpha value is -1.56. The van der Waals surface area contributed by atoms with Gasteiger partial charge in [-0.25, -0.2) is 18.6 Å². The van der Waals surface area contributed by atoms with E-state index in [-0.39, 0.29) is 12.2 Å². The lowest BCUT2D eigenvalue weighted by Crippen LogP contribution is -2.10. The maximum absolute atomic E-state index is 12.6. The Balaban J connectivity index is 3.21. The van der Waals surface area contributed by atoms with Crippen LogP contribution in [0.2, 0.25) is 0 Å². The molecule has 0 fully saturated rings. The van der Waals surface area contributed by atoms with Crippen LogP contribution in [0.1, 0.15) is 28.0 Å². The number of carbonyl (C=O) groups is 1. The fraction of sp³-hybridized carbons (Fsp3) is 0.333. The summed E-state index contributed by atoms with van der Waals surface area (Å²) >= 11 is 0. The van der Waals surface area contributed by atoms with Gasteiger partial charge in [-0.2, -0.15) is 0 Å². The van der Waals surface area contributed by atoms with Gasteiger partial charge in [0.15, 0.2) is 5.69 Å². The highest BCUT2D eigenvalue weighted by atomic mass is 19.3. The molecule has 0 aromatic carbocycles. The van der Waals surface area contributed by atoms with Crippen molar-refractivity contribution in [3.8, 4) is 0 Å². The summed E-state index contributed by atoms with van der Waals surface area (Å²) < 4.78 is 29.4. The van der Waals surface area contributed by atoms with Crippen LogP contribution in [0.15, 0.2) is 12.3 Å². The Labute approximate surface area is 85.1 Å². The third-order valence-corrected chi connectivity index (χ3v) is 1.82. The number of carbonyl (C=O) groups excluding carboxylic acids is 1. The predicted molar refractivity (Wildman–Crippen MR) is 48.4 cm³/mol. The quantitative estimate of drug-likeness (QED) is 0.772. The number of pyridine rings is 1. The molecule has 0 saturated carbocycles. The van der Waals surface area contributed by atoms with Crippen LogP contribution in [0.3, 0.4) is 0 Å². The largest absolute Gasteiger partial charge is 0.464 e. The summed E-state index contributed by atoms with van der Waals surface area (Å²) in [6.45, 7) is 0.0914. The predicted octanol–water partition coefficient (Wildman–Crippen LogP) is 1.26. The van der Waals surface area contributed by atoms with Gasteiger partial charge in [0.1, 0.15) is 0 Å². The van der Waals surface area contributed by atoms with Gasteiger partial charge in [0.2, 0.25) is 0 Å². The molecule has 0 aliphatic heterocycles. The Kier molecular flexibility index (Phi) is 3.68. The Morgan fingerprint density at radius 1 is 1.67 bits per heavy atom. The topological polar surface area (TPSA) is 65.2 Å². The van der Waals surface area contributed by atoms with Crippen molar-refractivity contribution in [2.24, 2.45) is 5.73 Å². The molecule has 0 aliphatic rings. The van der Waals surface area contributed by atoms with Crippen LogP contribution >= 0.6 is 0 Å². The number of hydrogen-bond acceptors (Lipinski definition) is 4. The van der Waals surface area contributed by atoms with Crippen molar-refractivity contribution in [3.63, 3.8) is 0 Å². The first-order chi connectivity index (χ1) is 7.10. The molecule has 0 aliphatic carbocycles. The van der Waals surface area contributed by atoms with Crippen molar-refractivity contribution in [2.75, 3.05) is 7.11 Å². The summed E-state index contributed by atoms with van der Waals surface area (Å²) in [7, 11) is 1.11. The molecule has 0 radical (unpaired) electrons. The Morgan fingerprint density at radius 3 is 2.80 bits per heavy atom. The fourth-order valence-corrected chi connectivity index (χ4v) is 1.07. The molecule has 0 spiro atoms. The van der Waals surface area contributed by atoms with Gasteiger partial charge >= 0.3 is 5.97 Å². The molecule has 1 rings (SSSR count). The highest BCUT2D eigenvalue weighted by Gasteiger charge is 2.20. The van der Waals surface area contributed by atoms with Gasteiger partial charge in [-0.3, -0.25) is 0 Å². The molecule has 0 unspecified atom stereocenters. The van der Waals surface area contributed by atoms with E-state index in [1.165, 1.54) is 6.20 Å². The van der Waals surface area contributed by atoms with E-state index in [0.29, 0.717) is 5.56 Å². The SMILES string of the molecule is COC(=O)c1ncc(CN)cc1C(F)F.